The second-order valence-electron chi connectivity index (χ2n) is 8.60. The second-order valence-corrected chi connectivity index (χ2v) is 8.60. The summed E-state index contributed by atoms with van der Waals surface area (Å²) in [6.07, 6.45) is 1.49. The van der Waals surface area contributed by atoms with E-state index in [0.717, 1.165) is 0 Å². The van der Waals surface area contributed by atoms with E-state index in [4.69, 9.17) is 0 Å². The topological polar surface area (TPSA) is 134 Å². The van der Waals surface area contributed by atoms with Crippen molar-refractivity contribution in [1.82, 2.24) is 20.9 Å². The number of benzene rings is 1. The van der Waals surface area contributed by atoms with E-state index in [1.54, 1.807) is 55.6 Å². The number of nitrogens with one attached hydrogen (secondary N) is 3. The molecule has 1 saturated heterocycles. The van der Waals surface area contributed by atoms with Crippen LogP contribution in [0.15, 0.2) is 66.9 Å². The molecule has 0 aliphatic carbocycles. The molecule has 2 heterocycles. The molecule has 1 unspecified atom stereocenters. The average molecular weight is 477 g/mol. The summed E-state index contributed by atoms with van der Waals surface area (Å²) < 4.78 is 0. The van der Waals surface area contributed by atoms with E-state index in [1.165, 1.54) is 6.92 Å². The van der Waals surface area contributed by atoms with Crippen LogP contribution in [0, 0.1) is 11.8 Å². The van der Waals surface area contributed by atoms with Gasteiger partial charge in [0.05, 0.1) is 24.8 Å². The van der Waals surface area contributed by atoms with Gasteiger partial charge in [-0.3, -0.25) is 34.3 Å². The van der Waals surface area contributed by atoms with Crippen LogP contribution in [0.4, 0.5) is 0 Å². The molecular formula is C26H28N4O5. The van der Waals surface area contributed by atoms with E-state index < -0.39 is 47.4 Å². The van der Waals surface area contributed by atoms with Gasteiger partial charge in [-0.2, -0.15) is 0 Å². The van der Waals surface area contributed by atoms with Crippen LogP contribution in [0.25, 0.3) is 0 Å². The highest BCUT2D eigenvalue weighted by Crippen LogP contribution is 2.23. The van der Waals surface area contributed by atoms with Crippen LogP contribution in [-0.4, -0.2) is 40.4 Å². The molecule has 0 saturated carbocycles. The largest absolute Gasteiger partial charge is 0.348 e. The van der Waals surface area contributed by atoms with Crippen molar-refractivity contribution >= 4 is 29.4 Å². The summed E-state index contributed by atoms with van der Waals surface area (Å²) in [7, 11) is 0. The zero-order valence-electron chi connectivity index (χ0n) is 19.6. The molecule has 35 heavy (non-hydrogen) atoms. The van der Waals surface area contributed by atoms with Gasteiger partial charge in [0, 0.05) is 11.9 Å². The Morgan fingerprint density at radius 3 is 2.26 bits per heavy atom. The highest BCUT2D eigenvalue weighted by molar-refractivity contribution is 6.17. The lowest BCUT2D eigenvalue weighted by atomic mass is 9.86. The Labute approximate surface area is 203 Å². The fraction of sp³-hybridized carbons (Fsp3) is 0.308. The van der Waals surface area contributed by atoms with Crippen molar-refractivity contribution in [2.75, 3.05) is 0 Å². The predicted molar refractivity (Wildman–Crippen MR) is 127 cm³/mol. The number of pyridine rings is 1. The van der Waals surface area contributed by atoms with Gasteiger partial charge < -0.3 is 10.6 Å². The molecule has 4 amide bonds. The minimum Gasteiger partial charge on any atom is -0.348 e. The lowest BCUT2D eigenvalue weighted by molar-refractivity contribution is -0.136. The molecule has 3 rings (SSSR count). The number of hydrogen-bond acceptors (Lipinski definition) is 6. The molecule has 1 aromatic heterocycles. The monoisotopic (exact) mass is 476 g/mol. The van der Waals surface area contributed by atoms with Crippen LogP contribution in [0.5, 0.6) is 0 Å². The summed E-state index contributed by atoms with van der Waals surface area (Å²) in [4.78, 5) is 66.8. The molecule has 9 heteroatoms. The standard InChI is InChI=1S/C26H28N4O5/c1-15(2)23(24(33)22-16(3)25(34)30-26(22)35)29-21(32)14-19(17-9-5-4-6-10-17)28-20(31)13-18-11-7-8-12-27-18/h4-12,16,19,22-23H,1,13-14H2,2-3H3,(H,28,31)(H,29,32)(H,30,34,35)/t16-,19?,22+,23-/m0/s1. The van der Waals surface area contributed by atoms with E-state index in [9.17, 15) is 24.0 Å². The van der Waals surface area contributed by atoms with E-state index >= 15 is 0 Å². The fourth-order valence-corrected chi connectivity index (χ4v) is 3.94. The zero-order chi connectivity index (χ0) is 25.5. The first kappa shape index (κ1) is 25.5. The van der Waals surface area contributed by atoms with Crippen molar-refractivity contribution in [1.29, 1.82) is 0 Å². The summed E-state index contributed by atoms with van der Waals surface area (Å²) in [6.45, 7) is 6.82. The first-order valence-electron chi connectivity index (χ1n) is 11.2. The average Bonchev–Trinajstić information content (AvgIpc) is 3.08. The van der Waals surface area contributed by atoms with E-state index in [1.807, 2.05) is 6.07 Å². The minimum atomic E-state index is -1.20. The van der Waals surface area contributed by atoms with Crippen LogP contribution >= 0.6 is 0 Å². The lowest BCUT2D eigenvalue weighted by Crippen LogP contribution is -2.47. The van der Waals surface area contributed by atoms with Crippen LogP contribution in [0.3, 0.4) is 0 Å². The summed E-state index contributed by atoms with van der Waals surface area (Å²) in [5, 5.41) is 7.64. The summed E-state index contributed by atoms with van der Waals surface area (Å²) in [5.41, 5.74) is 1.63. The molecule has 1 fully saturated rings. The molecule has 0 bridgehead atoms. The Balaban J connectivity index is 1.72. The Bertz CT molecular complexity index is 1130. The third-order valence-electron chi connectivity index (χ3n) is 5.83. The van der Waals surface area contributed by atoms with Crippen molar-refractivity contribution in [3.63, 3.8) is 0 Å². The molecular weight excluding hydrogens is 448 g/mol. The molecule has 0 spiro atoms. The summed E-state index contributed by atoms with van der Waals surface area (Å²) in [6, 6.07) is 12.4. The van der Waals surface area contributed by atoms with Crippen molar-refractivity contribution in [3.05, 3.63) is 78.1 Å². The first-order valence-corrected chi connectivity index (χ1v) is 11.2. The van der Waals surface area contributed by atoms with Crippen LogP contribution in [-0.2, 0) is 30.4 Å². The predicted octanol–water partition coefficient (Wildman–Crippen LogP) is 1.41. The fourth-order valence-electron chi connectivity index (χ4n) is 3.94. The number of Topliss-reactive ketones (excluding diaryl/α,β-unsaturated/α-hetero) is 1. The number of nitrogens with zero attached hydrogens (tertiary/aromatic N) is 1. The normalized spacial score (nSPS) is 18.8. The SMILES string of the molecule is C=C(C)[C@H](NC(=O)CC(NC(=O)Cc1ccccn1)c1ccccc1)C(=O)[C@@H]1C(=O)NC(=O)[C@H]1C. The Morgan fingerprint density at radius 2 is 1.69 bits per heavy atom. The van der Waals surface area contributed by atoms with Gasteiger partial charge in [0.1, 0.15) is 12.0 Å². The number of imide groups is 1. The third kappa shape index (κ3) is 6.47. The van der Waals surface area contributed by atoms with Gasteiger partial charge in [0.2, 0.25) is 23.6 Å². The highest BCUT2D eigenvalue weighted by atomic mass is 16.2. The maximum atomic E-state index is 13.1. The van der Waals surface area contributed by atoms with Gasteiger partial charge >= 0.3 is 0 Å². The van der Waals surface area contributed by atoms with Gasteiger partial charge in [-0.15, -0.1) is 0 Å². The summed E-state index contributed by atoms with van der Waals surface area (Å²) >= 11 is 0. The van der Waals surface area contributed by atoms with Gasteiger partial charge in [-0.1, -0.05) is 55.5 Å². The smallest absolute Gasteiger partial charge is 0.238 e. The Kier molecular flexibility index (Phi) is 8.25. The number of carbonyl (C=O) groups is 5. The van der Waals surface area contributed by atoms with Crippen LogP contribution < -0.4 is 16.0 Å². The maximum absolute atomic E-state index is 13.1. The van der Waals surface area contributed by atoms with E-state index in [2.05, 4.69) is 27.5 Å². The molecule has 3 N–H and O–H groups in total. The molecule has 0 radical (unpaired) electrons. The van der Waals surface area contributed by atoms with E-state index in [0.29, 0.717) is 16.8 Å². The minimum absolute atomic E-state index is 0.0430. The van der Waals surface area contributed by atoms with Crippen LogP contribution in [0.2, 0.25) is 0 Å². The number of ketones is 1. The third-order valence-corrected chi connectivity index (χ3v) is 5.83. The number of rotatable bonds is 10. The van der Waals surface area contributed by atoms with Crippen molar-refractivity contribution in [2.45, 2.75) is 38.8 Å². The van der Waals surface area contributed by atoms with Crippen LogP contribution in [0.1, 0.15) is 37.6 Å². The molecule has 9 nitrogen and oxygen atoms in total. The van der Waals surface area contributed by atoms with Crippen molar-refractivity contribution in [3.8, 4) is 0 Å². The number of aromatic nitrogens is 1. The first-order chi connectivity index (χ1) is 16.7. The highest BCUT2D eigenvalue weighted by Gasteiger charge is 2.45. The summed E-state index contributed by atoms with van der Waals surface area (Å²) in [5.74, 6) is -4.68. The molecule has 1 aliphatic rings. The van der Waals surface area contributed by atoms with E-state index in [-0.39, 0.29) is 18.7 Å². The maximum Gasteiger partial charge on any atom is 0.238 e. The molecule has 1 aromatic carbocycles. The number of hydrogen-bond donors (Lipinski definition) is 3. The van der Waals surface area contributed by atoms with Gasteiger partial charge in [0.25, 0.3) is 0 Å². The zero-order valence-corrected chi connectivity index (χ0v) is 19.6. The molecule has 4 atom stereocenters. The van der Waals surface area contributed by atoms with Crippen molar-refractivity contribution < 1.29 is 24.0 Å². The number of carbonyl (C=O) groups excluding carboxylic acids is 5. The Hall–Kier alpha value is -4.14. The number of amides is 4. The second kappa shape index (κ2) is 11.3. The van der Waals surface area contributed by atoms with Gasteiger partial charge in [-0.25, -0.2) is 0 Å². The van der Waals surface area contributed by atoms with Gasteiger partial charge in [0.15, 0.2) is 5.78 Å². The van der Waals surface area contributed by atoms with Crippen molar-refractivity contribution in [2.24, 2.45) is 11.8 Å². The Morgan fingerprint density at radius 1 is 1.00 bits per heavy atom. The van der Waals surface area contributed by atoms with Gasteiger partial charge in [-0.05, 0) is 24.6 Å². The molecule has 2 aromatic rings. The quantitative estimate of drug-likeness (QED) is 0.270. The molecule has 182 valence electrons. The lowest BCUT2D eigenvalue weighted by Gasteiger charge is -2.24. The molecule has 1 aliphatic heterocycles.